The van der Waals surface area contributed by atoms with E-state index in [0.29, 0.717) is 12.3 Å². The molecule has 2 aliphatic rings. The highest BCUT2D eigenvalue weighted by Crippen LogP contribution is 2.40. The molecule has 0 aliphatic carbocycles. The Morgan fingerprint density at radius 1 is 1.17 bits per heavy atom. The summed E-state index contributed by atoms with van der Waals surface area (Å²) in [6.45, 7) is 0.281. The summed E-state index contributed by atoms with van der Waals surface area (Å²) in [6.07, 6.45) is 3.93. The van der Waals surface area contributed by atoms with Crippen molar-refractivity contribution in [2.24, 2.45) is 5.92 Å². The first kappa shape index (κ1) is 17.5. The average Bonchev–Trinajstić information content (AvgIpc) is 2.82. The predicted octanol–water partition coefficient (Wildman–Crippen LogP) is 3.52. The van der Waals surface area contributed by atoms with E-state index in [0.717, 1.165) is 31.2 Å². The largest absolute Gasteiger partial charge is 0.445 e. The Labute approximate surface area is 147 Å². The fourth-order valence-corrected chi connectivity index (χ4v) is 4.81. The van der Waals surface area contributed by atoms with Crippen molar-refractivity contribution in [3.8, 4) is 0 Å². The molecule has 24 heavy (non-hydrogen) atoms. The van der Waals surface area contributed by atoms with Crippen LogP contribution in [0.1, 0.15) is 37.7 Å². The van der Waals surface area contributed by atoms with Crippen LogP contribution >= 0.6 is 10.7 Å². The number of piperidine rings is 1. The van der Waals surface area contributed by atoms with Gasteiger partial charge >= 0.3 is 6.09 Å². The molecular formula is C17H22ClNO4S. The third kappa shape index (κ3) is 4.42. The highest BCUT2D eigenvalue weighted by molar-refractivity contribution is 8.13. The number of nitrogens with zero attached hydrogens (tertiary/aromatic N) is 1. The van der Waals surface area contributed by atoms with Gasteiger partial charge in [-0.1, -0.05) is 30.3 Å². The van der Waals surface area contributed by atoms with Crippen molar-refractivity contribution < 1.29 is 17.9 Å². The maximum absolute atomic E-state index is 12.4. The normalized spacial score (nSPS) is 26.4. The molecule has 1 aromatic carbocycles. The molecule has 2 heterocycles. The van der Waals surface area contributed by atoms with Crippen LogP contribution in [0.15, 0.2) is 30.3 Å². The first-order valence-electron chi connectivity index (χ1n) is 8.34. The monoisotopic (exact) mass is 371 g/mol. The fourth-order valence-electron chi connectivity index (χ4n) is 3.92. The summed E-state index contributed by atoms with van der Waals surface area (Å²) in [5.74, 6) is 0.325. The van der Waals surface area contributed by atoms with Crippen LogP contribution in [0.3, 0.4) is 0 Å². The molecule has 7 heteroatoms. The van der Waals surface area contributed by atoms with E-state index in [1.54, 1.807) is 0 Å². The SMILES string of the molecule is O=C(OCc1ccccc1)N1C2CCC1CC(CCS(=O)(=O)Cl)C2. The molecule has 2 bridgehead atoms. The lowest BCUT2D eigenvalue weighted by atomic mass is 9.89. The summed E-state index contributed by atoms with van der Waals surface area (Å²) >= 11 is 0. The Bertz CT molecular complexity index is 665. The Morgan fingerprint density at radius 3 is 2.38 bits per heavy atom. The topological polar surface area (TPSA) is 63.7 Å². The highest BCUT2D eigenvalue weighted by Gasteiger charge is 2.43. The van der Waals surface area contributed by atoms with Crippen molar-refractivity contribution in [1.82, 2.24) is 4.90 Å². The summed E-state index contributed by atoms with van der Waals surface area (Å²) in [7, 11) is 1.87. The second kappa shape index (κ2) is 7.31. The van der Waals surface area contributed by atoms with E-state index in [-0.39, 0.29) is 30.5 Å². The average molecular weight is 372 g/mol. The molecule has 2 atom stereocenters. The Morgan fingerprint density at radius 2 is 1.79 bits per heavy atom. The summed E-state index contributed by atoms with van der Waals surface area (Å²) in [6, 6.07) is 9.95. The van der Waals surface area contributed by atoms with Gasteiger partial charge in [0, 0.05) is 22.8 Å². The molecule has 1 amide bonds. The number of carbonyl (C=O) groups is 1. The second-order valence-electron chi connectivity index (χ2n) is 6.70. The number of hydrogen-bond donors (Lipinski definition) is 0. The number of rotatable bonds is 5. The molecule has 5 nitrogen and oxygen atoms in total. The van der Waals surface area contributed by atoms with Gasteiger partial charge in [-0.05, 0) is 43.6 Å². The lowest BCUT2D eigenvalue weighted by molar-refractivity contribution is 0.0527. The van der Waals surface area contributed by atoms with Gasteiger partial charge in [-0.2, -0.15) is 0 Å². The fraction of sp³-hybridized carbons (Fsp3) is 0.588. The van der Waals surface area contributed by atoms with Crippen LogP contribution in [0.25, 0.3) is 0 Å². The van der Waals surface area contributed by atoms with Crippen molar-refractivity contribution in [3.63, 3.8) is 0 Å². The van der Waals surface area contributed by atoms with Gasteiger partial charge in [-0.25, -0.2) is 13.2 Å². The van der Waals surface area contributed by atoms with Gasteiger partial charge in [0.25, 0.3) is 0 Å². The van der Waals surface area contributed by atoms with Crippen LogP contribution in [0, 0.1) is 5.92 Å². The lowest BCUT2D eigenvalue weighted by Gasteiger charge is -2.38. The number of ether oxygens (including phenoxy) is 1. The van der Waals surface area contributed by atoms with Crippen molar-refractivity contribution >= 4 is 25.8 Å². The number of carbonyl (C=O) groups excluding carboxylic acids is 1. The minimum atomic E-state index is -3.44. The first-order chi connectivity index (χ1) is 11.4. The van der Waals surface area contributed by atoms with Crippen molar-refractivity contribution in [3.05, 3.63) is 35.9 Å². The van der Waals surface area contributed by atoms with Crippen molar-refractivity contribution in [2.75, 3.05) is 5.75 Å². The lowest BCUT2D eigenvalue weighted by Crippen LogP contribution is -2.46. The number of hydrogen-bond acceptors (Lipinski definition) is 4. The molecule has 0 spiro atoms. The van der Waals surface area contributed by atoms with Crippen molar-refractivity contribution in [1.29, 1.82) is 0 Å². The van der Waals surface area contributed by atoms with Gasteiger partial charge < -0.3 is 9.64 Å². The maximum atomic E-state index is 12.4. The van der Waals surface area contributed by atoms with E-state index in [1.165, 1.54) is 0 Å². The summed E-state index contributed by atoms with van der Waals surface area (Å²) in [5, 5.41) is 0. The quantitative estimate of drug-likeness (QED) is 0.743. The molecule has 0 aromatic heterocycles. The Kier molecular flexibility index (Phi) is 5.35. The zero-order chi connectivity index (χ0) is 17.2. The Hall–Kier alpha value is -1.27. The van der Waals surface area contributed by atoms with Crippen LogP contribution in [-0.2, 0) is 20.4 Å². The van der Waals surface area contributed by atoms with Gasteiger partial charge in [-0.3, -0.25) is 0 Å². The summed E-state index contributed by atoms with van der Waals surface area (Å²) in [5.41, 5.74) is 0.973. The van der Waals surface area contributed by atoms with Gasteiger partial charge in [-0.15, -0.1) is 0 Å². The molecule has 3 rings (SSSR count). The van der Waals surface area contributed by atoms with Gasteiger partial charge in [0.2, 0.25) is 9.05 Å². The first-order valence-corrected chi connectivity index (χ1v) is 10.8. The van der Waals surface area contributed by atoms with E-state index in [1.807, 2.05) is 35.2 Å². The molecule has 0 radical (unpaired) electrons. The molecule has 2 unspecified atom stereocenters. The minimum Gasteiger partial charge on any atom is -0.445 e. The van der Waals surface area contributed by atoms with Crippen LogP contribution in [0.5, 0.6) is 0 Å². The molecule has 2 aliphatic heterocycles. The molecule has 132 valence electrons. The third-order valence-corrected chi connectivity index (χ3v) is 6.20. The van der Waals surface area contributed by atoms with Crippen LogP contribution in [0.4, 0.5) is 4.79 Å². The summed E-state index contributed by atoms with van der Waals surface area (Å²) < 4.78 is 27.7. The van der Waals surface area contributed by atoms with E-state index >= 15 is 0 Å². The maximum Gasteiger partial charge on any atom is 0.410 e. The van der Waals surface area contributed by atoms with Crippen LogP contribution in [-0.4, -0.2) is 37.2 Å². The number of fused-ring (bicyclic) bond motifs is 2. The van der Waals surface area contributed by atoms with Crippen molar-refractivity contribution in [2.45, 2.75) is 50.8 Å². The van der Waals surface area contributed by atoms with E-state index < -0.39 is 9.05 Å². The minimum absolute atomic E-state index is 0.0110. The third-order valence-electron chi connectivity index (χ3n) is 5.02. The van der Waals surface area contributed by atoms with E-state index in [9.17, 15) is 13.2 Å². The van der Waals surface area contributed by atoms with Crippen LogP contribution in [0.2, 0.25) is 0 Å². The standard InChI is InChI=1S/C17H22ClNO4S/c18-24(21,22)9-8-14-10-15-6-7-16(11-14)19(15)17(20)23-12-13-4-2-1-3-5-13/h1-5,14-16H,6-12H2. The van der Waals surface area contributed by atoms with Gasteiger partial charge in [0.05, 0.1) is 5.75 Å². The predicted molar refractivity (Wildman–Crippen MR) is 92.3 cm³/mol. The van der Waals surface area contributed by atoms with Gasteiger partial charge in [0.1, 0.15) is 6.61 Å². The Balaban J connectivity index is 1.54. The molecule has 2 fully saturated rings. The smallest absolute Gasteiger partial charge is 0.410 e. The van der Waals surface area contributed by atoms with Gasteiger partial charge in [0.15, 0.2) is 0 Å². The molecule has 1 aromatic rings. The highest BCUT2D eigenvalue weighted by atomic mass is 35.7. The van der Waals surface area contributed by atoms with Crippen LogP contribution < -0.4 is 0 Å². The molecule has 0 N–H and O–H groups in total. The molecule has 2 saturated heterocycles. The number of halogens is 1. The van der Waals surface area contributed by atoms with E-state index in [4.69, 9.17) is 15.4 Å². The molecular weight excluding hydrogens is 350 g/mol. The van der Waals surface area contributed by atoms with E-state index in [2.05, 4.69) is 0 Å². The summed E-state index contributed by atoms with van der Waals surface area (Å²) in [4.78, 5) is 14.3. The number of amides is 1. The number of benzene rings is 1. The molecule has 0 saturated carbocycles. The zero-order valence-corrected chi connectivity index (χ0v) is 15.0. The zero-order valence-electron chi connectivity index (χ0n) is 13.4. The second-order valence-corrected chi connectivity index (χ2v) is 9.60.